The molecule has 0 fully saturated rings. The monoisotopic (exact) mass is 2390 g/mol. The number of aliphatic carboxylic acids is 4. The van der Waals surface area contributed by atoms with Gasteiger partial charge in [0.2, 0.25) is 12.8 Å². The van der Waals surface area contributed by atoms with E-state index in [4.69, 9.17) is 111 Å². The quantitative estimate of drug-likeness (QED) is 0.0547. The van der Waals surface area contributed by atoms with Crippen LogP contribution in [0.2, 0.25) is 0 Å². The fraction of sp³-hybridized carbons (Fsp3) is 0.216. The van der Waals surface area contributed by atoms with Crippen LogP contribution >= 0.6 is 0 Å². The van der Waals surface area contributed by atoms with Gasteiger partial charge in [0.15, 0.2) is 0 Å². The van der Waals surface area contributed by atoms with Crippen molar-refractivity contribution < 1.29 is 363 Å². The van der Waals surface area contributed by atoms with Crippen molar-refractivity contribution >= 4 is 84.3 Å². The van der Waals surface area contributed by atoms with Crippen LogP contribution in [0, 0.1) is 259 Å². The van der Waals surface area contributed by atoms with Gasteiger partial charge < -0.3 is 173 Å². The summed E-state index contributed by atoms with van der Waals surface area (Å²) < 4.78 is 0. The summed E-state index contributed by atoms with van der Waals surface area (Å²) in [5.74, 6) is -4.63. The number of rotatable bonds is 14. The number of carbonyl (C=O) groups excluding carboxylic acids is 6. The molecule has 0 unspecified atom stereocenters. The van der Waals surface area contributed by atoms with Crippen molar-refractivity contribution in [3.8, 4) is 23.0 Å². The second kappa shape index (κ2) is 108. The molecule has 0 aliphatic carbocycles. The van der Waals surface area contributed by atoms with Gasteiger partial charge in [-0.05, 0) is 110 Å². The molecule has 0 saturated heterocycles. The normalized spacial score (nSPS) is 8.39. The molecule has 0 spiro atoms. The Morgan fingerprint density at radius 1 is 0.323 bits per heavy atom. The molecule has 4 N–H and O–H groups in total. The van der Waals surface area contributed by atoms with Gasteiger partial charge in [-0.15, -0.1) is 49.4 Å². The summed E-state index contributed by atoms with van der Waals surface area (Å²) in [6, 6.07) is 55.1. The Hall–Kier alpha value is -7.71. The van der Waals surface area contributed by atoms with Crippen LogP contribution in [0.25, 0.3) is 0 Å². The number of benzene rings is 8. The molecular weight excluding hydrogens is 2300 g/mol. The Morgan fingerprint density at radius 3 is 0.532 bits per heavy atom. The molecule has 8 aromatic rings. The zero-order valence-corrected chi connectivity index (χ0v) is 78.7. The SMILES string of the molecule is CC(=O)[O-].CC(=O)[O-].CC(=O)[O-].CC(=O)[O-].CCO.CCO.CN(C)C=O.CN(C)C=O.O=[N+]([O-])[O-].O=[N+]([O-])[O-].O=[N+]([O-])[O-].O=[N+]([O-])[O-].[Co+3].[Co+3].[Eu+3].[Eu+3].[Eu+3].[Eu+3].[O-]Cc1ccccc1N=Cc1ccccc1[O-].[O-]Cc1ccccc1N=Cc1ccccc1[O-].[O-]Cc1ccccc1N=Cc1ccccc1[O-].[O-]Cc1ccccc1N=Cc1ccccc1[O-].[OH-].[OH-]. The number of nitrogens with zero attached hydrogens (tertiary/aromatic N) is 10. The van der Waals surface area contributed by atoms with Crippen molar-refractivity contribution in [2.45, 2.75) is 68.0 Å². The van der Waals surface area contributed by atoms with E-state index in [0.29, 0.717) is 67.3 Å². The van der Waals surface area contributed by atoms with E-state index in [2.05, 4.69) is 20.0 Å². The summed E-state index contributed by atoms with van der Waals surface area (Å²) in [5.41, 5.74) is 7.08. The van der Waals surface area contributed by atoms with E-state index < -0.39 is 44.2 Å². The summed E-state index contributed by atoms with van der Waals surface area (Å²) in [6.45, 7) is 6.50. The maximum Gasteiger partial charge on any atom is 3.00 e. The Bertz CT molecular complexity index is 3590. The fourth-order valence-electron chi connectivity index (χ4n) is 5.94. The maximum atomic E-state index is 11.4. The van der Waals surface area contributed by atoms with Crippen LogP contribution in [0.3, 0.4) is 0 Å². The molecule has 0 radical (unpaired) electrons. The molecule has 680 valence electrons. The van der Waals surface area contributed by atoms with E-state index >= 15 is 0 Å². The van der Waals surface area contributed by atoms with Crippen LogP contribution in [0.4, 0.5) is 22.7 Å². The van der Waals surface area contributed by atoms with Crippen LogP contribution in [0.5, 0.6) is 23.0 Å². The second-order valence-corrected chi connectivity index (χ2v) is 19.9. The minimum atomic E-state index is -1.75. The van der Waals surface area contributed by atoms with Gasteiger partial charge in [-0.3, -0.25) is 29.6 Å². The topological polar surface area (TPSA) is 800 Å². The van der Waals surface area contributed by atoms with Crippen molar-refractivity contribution in [2.24, 2.45) is 20.0 Å². The number of carbonyl (C=O) groups is 6. The van der Waals surface area contributed by atoms with E-state index in [1.807, 2.05) is 24.3 Å². The Morgan fingerprint density at radius 2 is 0.427 bits per heavy atom. The minimum Gasteiger partial charge on any atom is -0.872 e. The minimum absolute atomic E-state index is 0. The van der Waals surface area contributed by atoms with E-state index in [1.54, 1.807) is 188 Å². The van der Waals surface area contributed by atoms with E-state index in [-0.39, 0.29) is 305 Å². The van der Waals surface area contributed by atoms with Crippen LogP contribution in [-0.2, 0) is 88.8 Å². The Balaban J connectivity index is -0.0000000751. The van der Waals surface area contributed by atoms with Crippen LogP contribution < -0.4 is 61.3 Å². The molecule has 0 saturated carbocycles. The molecule has 0 bridgehead atoms. The maximum absolute atomic E-state index is 11.4. The van der Waals surface area contributed by atoms with Crippen molar-refractivity contribution in [3.05, 3.63) is 300 Å². The molecule has 0 aliphatic rings. The van der Waals surface area contributed by atoms with E-state index in [0.717, 1.165) is 40.5 Å². The third-order valence-corrected chi connectivity index (χ3v) is 10.1. The first-order chi connectivity index (χ1) is 54.5. The van der Waals surface area contributed by atoms with Crippen molar-refractivity contribution in [2.75, 3.05) is 41.4 Å². The molecule has 8 aromatic carbocycles. The molecule has 0 aliphatic heterocycles. The zero-order valence-electron chi connectivity index (χ0n) is 66.9. The summed E-state index contributed by atoms with van der Waals surface area (Å²) in [6.07, 6.45) is 7.49. The van der Waals surface area contributed by atoms with Gasteiger partial charge >= 0.3 is 231 Å². The van der Waals surface area contributed by atoms with Gasteiger partial charge in [0.05, 0.1) is 43.1 Å². The first-order valence-corrected chi connectivity index (χ1v) is 31.7. The number of carboxylic acids is 4. The number of para-hydroxylation sites is 8. The van der Waals surface area contributed by atoms with Gasteiger partial charge in [-0.1, -0.05) is 170 Å². The molecule has 0 aromatic heterocycles. The predicted molar refractivity (Wildman–Crippen MR) is 406 cm³/mol. The number of aliphatic hydroxyl groups excluding tert-OH is 2. The molecule has 2 amide bonds. The van der Waals surface area contributed by atoms with Crippen LogP contribution in [0.15, 0.2) is 214 Å². The number of aliphatic imine (C=N–C) groups is 4. The zero-order chi connectivity index (χ0) is 91.0. The Labute approximate surface area is 896 Å². The van der Waals surface area contributed by atoms with Crippen molar-refractivity contribution in [1.82, 2.24) is 9.80 Å². The van der Waals surface area contributed by atoms with Gasteiger partial charge in [-0.2, -0.15) is 0 Å². The van der Waals surface area contributed by atoms with E-state index in [1.165, 1.54) is 58.9 Å². The average molecular weight is 2380 g/mol. The van der Waals surface area contributed by atoms with Gasteiger partial charge in [0, 0.05) is 90.1 Å². The first-order valence-electron chi connectivity index (χ1n) is 31.7. The molecule has 44 nitrogen and oxygen atoms in total. The molecular formula is C74H84Co2Eu4N10O34. The molecule has 124 heavy (non-hydrogen) atoms. The third-order valence-electron chi connectivity index (χ3n) is 10.1. The largest absolute Gasteiger partial charge is 3.00 e. The predicted octanol–water partition coefficient (Wildman–Crippen LogP) is -1.40. The summed E-state index contributed by atoms with van der Waals surface area (Å²) >= 11 is 0. The van der Waals surface area contributed by atoms with E-state index in [9.17, 15) is 50.4 Å². The smallest absolute Gasteiger partial charge is 0.872 e. The number of hydrogen-bond donors (Lipinski definition) is 2. The molecule has 0 heterocycles. The van der Waals surface area contributed by atoms with Crippen molar-refractivity contribution in [1.29, 1.82) is 0 Å². The molecule has 8 rings (SSSR count). The average Bonchev–Trinajstić information content (AvgIpc) is 0.889. The number of carboxylic acid groups (broad SMARTS) is 4. The second-order valence-electron chi connectivity index (χ2n) is 19.9. The fourth-order valence-corrected chi connectivity index (χ4v) is 5.94. The van der Waals surface area contributed by atoms with Crippen LogP contribution in [-0.4, -0.2) is 154 Å². The van der Waals surface area contributed by atoms with Gasteiger partial charge in [0.25, 0.3) is 0 Å². The standard InChI is InChI=1S/4C14H12NO2.2C3H7NO.4C2H4O2.2C2H6O.2Co.4Eu.4NO3.2H2O/c4*16-10-12-6-1-3-7-13(12)15-9-11-5-2-4-8-14(11)17;2*1-4(2)3-5;4*1-2(3)4;2*1-2-3;;;;;;;4*2-1(3)4;;/h4*1-9,17H,10H2;2*3H,1-2H3;4*1H3,(H,3,4);2*3H,2H2,1H3;;;;;;;;;;;2*1H2/q4*-1;;;;;;;;;6*+3;4*-1;;/p-10. The molecule has 50 heteroatoms. The van der Waals surface area contributed by atoms with Gasteiger partial charge in [-0.25, -0.2) is 0 Å². The summed E-state index contributed by atoms with van der Waals surface area (Å²) in [4.78, 5) is 107. The number of hydrogen-bond acceptors (Lipinski definition) is 38. The van der Waals surface area contributed by atoms with Gasteiger partial charge in [0.1, 0.15) is 0 Å². The number of amides is 2. The summed E-state index contributed by atoms with van der Waals surface area (Å²) in [5, 5.41) is 199. The first kappa shape index (κ1) is 154. The molecule has 0 atom stereocenters. The van der Waals surface area contributed by atoms with Crippen LogP contribution in [0.1, 0.15) is 86.1 Å². The third kappa shape index (κ3) is 116. The summed E-state index contributed by atoms with van der Waals surface area (Å²) in [7, 11) is 6.75. The van der Waals surface area contributed by atoms with Crippen molar-refractivity contribution in [3.63, 3.8) is 0 Å². The Kier molecular flexibility index (Phi) is 133. The number of aliphatic hydroxyl groups is 2.